The summed E-state index contributed by atoms with van der Waals surface area (Å²) in [5.74, 6) is -2.24. The highest BCUT2D eigenvalue weighted by Crippen LogP contribution is 2.35. The average molecular weight is 537 g/mol. The molecule has 2 amide bonds. The van der Waals surface area contributed by atoms with Crippen molar-refractivity contribution in [3.8, 4) is 11.5 Å². The fourth-order valence-electron chi connectivity index (χ4n) is 2.94. The molecule has 1 aliphatic rings. The predicted octanol–water partition coefficient (Wildman–Crippen LogP) is 3.37. The molecule has 0 bridgehead atoms. The van der Waals surface area contributed by atoms with Gasteiger partial charge >= 0.3 is 5.97 Å². The number of nitrogens with one attached hydrogen (secondary N) is 1. The topological polar surface area (TPSA) is 94.2 Å². The first kappa shape index (κ1) is 24.3. The quantitative estimate of drug-likeness (QED) is 0.251. The van der Waals surface area contributed by atoms with Gasteiger partial charge in [0.1, 0.15) is 11.4 Å². The van der Waals surface area contributed by atoms with Crippen LogP contribution in [0, 0.1) is 5.82 Å². The van der Waals surface area contributed by atoms with Gasteiger partial charge < -0.3 is 14.2 Å². The molecule has 0 atom stereocenters. The highest BCUT2D eigenvalue weighted by molar-refractivity contribution is 9.10. The van der Waals surface area contributed by atoms with Crippen LogP contribution in [-0.4, -0.2) is 43.2 Å². The number of halogens is 2. The van der Waals surface area contributed by atoms with Gasteiger partial charge in [0.15, 0.2) is 23.2 Å². The average Bonchev–Trinajstić information content (AvgIpc) is 2.77. The van der Waals surface area contributed by atoms with Crippen LogP contribution in [0.15, 0.2) is 46.4 Å². The predicted molar refractivity (Wildman–Crippen MR) is 125 cm³/mol. The van der Waals surface area contributed by atoms with E-state index in [9.17, 15) is 18.8 Å². The van der Waals surface area contributed by atoms with Crippen molar-refractivity contribution in [2.75, 3.05) is 25.2 Å². The van der Waals surface area contributed by atoms with Crippen molar-refractivity contribution in [1.29, 1.82) is 0 Å². The molecule has 1 N–H and O–H groups in total. The van der Waals surface area contributed by atoms with Gasteiger partial charge in [0.2, 0.25) is 0 Å². The van der Waals surface area contributed by atoms with Crippen LogP contribution < -0.4 is 19.7 Å². The molecule has 0 aromatic heterocycles. The number of rotatable bonds is 7. The van der Waals surface area contributed by atoms with E-state index in [1.165, 1.54) is 43.5 Å². The standard InChI is InChI=1S/C22H18BrFN2O6S/c1-3-31-19(27)11-32-18-10-14(23)12(9-17(18)30-2)8-13-20(28)25-22(33)26(21(13)29)16-7-5-4-6-15(16)24/h4-10H,3,11H2,1-2H3,(H,25,28,33)/b13-8+. The van der Waals surface area contributed by atoms with Crippen LogP contribution in [-0.2, 0) is 19.1 Å². The number of hydrogen-bond donors (Lipinski definition) is 1. The second-order valence-corrected chi connectivity index (χ2v) is 7.77. The number of anilines is 1. The highest BCUT2D eigenvalue weighted by atomic mass is 79.9. The third kappa shape index (κ3) is 5.37. The third-order valence-corrected chi connectivity index (χ3v) is 5.40. The smallest absolute Gasteiger partial charge is 0.344 e. The summed E-state index contributed by atoms with van der Waals surface area (Å²) in [7, 11) is 1.40. The molecule has 1 saturated heterocycles. The van der Waals surface area contributed by atoms with E-state index in [2.05, 4.69) is 21.2 Å². The second kappa shape index (κ2) is 10.5. The molecule has 1 aliphatic heterocycles. The van der Waals surface area contributed by atoms with Crippen molar-refractivity contribution in [3.63, 3.8) is 0 Å². The summed E-state index contributed by atoms with van der Waals surface area (Å²) in [6, 6.07) is 8.61. The monoisotopic (exact) mass is 536 g/mol. The van der Waals surface area contributed by atoms with Gasteiger partial charge in [0.05, 0.1) is 19.4 Å². The Hall–Kier alpha value is -3.31. The molecule has 33 heavy (non-hydrogen) atoms. The summed E-state index contributed by atoms with van der Waals surface area (Å²) in [6.45, 7) is 1.58. The number of para-hydroxylation sites is 1. The molecular formula is C22H18BrFN2O6S. The zero-order valence-electron chi connectivity index (χ0n) is 17.5. The van der Waals surface area contributed by atoms with Crippen LogP contribution in [0.4, 0.5) is 10.1 Å². The minimum absolute atomic E-state index is 0.0854. The van der Waals surface area contributed by atoms with Crippen molar-refractivity contribution >= 4 is 62.8 Å². The van der Waals surface area contributed by atoms with Gasteiger partial charge in [-0.3, -0.25) is 14.9 Å². The zero-order chi connectivity index (χ0) is 24.1. The summed E-state index contributed by atoms with van der Waals surface area (Å²) in [6.07, 6.45) is 1.31. The highest BCUT2D eigenvalue weighted by Gasteiger charge is 2.35. The lowest BCUT2D eigenvalue weighted by Crippen LogP contribution is -2.54. The van der Waals surface area contributed by atoms with Gasteiger partial charge in [-0.1, -0.05) is 28.1 Å². The van der Waals surface area contributed by atoms with E-state index in [1.807, 2.05) is 0 Å². The van der Waals surface area contributed by atoms with Gasteiger partial charge in [-0.2, -0.15) is 0 Å². The van der Waals surface area contributed by atoms with E-state index in [-0.39, 0.29) is 41.1 Å². The number of amides is 2. The molecule has 8 nitrogen and oxygen atoms in total. The molecule has 0 unspecified atom stereocenters. The van der Waals surface area contributed by atoms with E-state index in [4.69, 9.17) is 26.4 Å². The van der Waals surface area contributed by atoms with Crippen LogP contribution in [0.3, 0.4) is 0 Å². The maximum absolute atomic E-state index is 14.3. The lowest BCUT2D eigenvalue weighted by molar-refractivity contribution is -0.145. The van der Waals surface area contributed by atoms with Gasteiger partial charge in [0.25, 0.3) is 11.8 Å². The maximum atomic E-state index is 14.3. The van der Waals surface area contributed by atoms with E-state index < -0.39 is 23.6 Å². The van der Waals surface area contributed by atoms with Crippen molar-refractivity contribution in [3.05, 3.63) is 57.8 Å². The van der Waals surface area contributed by atoms with Crippen LogP contribution >= 0.6 is 28.1 Å². The molecular weight excluding hydrogens is 519 g/mol. The summed E-state index contributed by atoms with van der Waals surface area (Å²) < 4.78 is 30.3. The third-order valence-electron chi connectivity index (χ3n) is 4.43. The molecule has 0 aliphatic carbocycles. The maximum Gasteiger partial charge on any atom is 0.344 e. The second-order valence-electron chi connectivity index (χ2n) is 6.53. The number of carbonyl (C=O) groups excluding carboxylic acids is 3. The van der Waals surface area contributed by atoms with Crippen LogP contribution in [0.2, 0.25) is 0 Å². The number of benzene rings is 2. The SMILES string of the molecule is CCOC(=O)COc1cc(Br)c(/C=C2\C(=O)NC(=S)N(c3ccccc3F)C2=O)cc1OC. The first-order valence-electron chi connectivity index (χ1n) is 9.58. The van der Waals surface area contributed by atoms with E-state index in [1.54, 1.807) is 13.0 Å². The fourth-order valence-corrected chi connectivity index (χ4v) is 3.65. The molecule has 0 radical (unpaired) electrons. The number of thiocarbonyl (C=S) groups is 1. The minimum Gasteiger partial charge on any atom is -0.493 e. The van der Waals surface area contributed by atoms with Crippen molar-refractivity contribution < 1.29 is 33.0 Å². The van der Waals surface area contributed by atoms with Crippen molar-refractivity contribution in [1.82, 2.24) is 5.32 Å². The number of methoxy groups -OCH3 is 1. The van der Waals surface area contributed by atoms with Gasteiger partial charge in [-0.05, 0) is 55.0 Å². The number of hydrogen-bond acceptors (Lipinski definition) is 7. The Morgan fingerprint density at radius 1 is 1.24 bits per heavy atom. The van der Waals surface area contributed by atoms with Crippen LogP contribution in [0.25, 0.3) is 6.08 Å². The molecule has 0 saturated carbocycles. The molecule has 2 aromatic rings. The molecule has 0 spiro atoms. The Morgan fingerprint density at radius 2 is 1.97 bits per heavy atom. The molecule has 1 heterocycles. The van der Waals surface area contributed by atoms with E-state index in [0.717, 1.165) is 4.90 Å². The Bertz CT molecular complexity index is 1170. The normalized spacial score (nSPS) is 14.8. The molecule has 1 fully saturated rings. The van der Waals surface area contributed by atoms with E-state index >= 15 is 0 Å². The Morgan fingerprint density at radius 3 is 2.64 bits per heavy atom. The Kier molecular flexibility index (Phi) is 7.77. The van der Waals surface area contributed by atoms with E-state index in [0.29, 0.717) is 10.0 Å². The number of esters is 1. The molecule has 2 aromatic carbocycles. The molecule has 172 valence electrons. The summed E-state index contributed by atoms with van der Waals surface area (Å²) >= 11 is 8.45. The van der Waals surface area contributed by atoms with Gasteiger partial charge in [-0.25, -0.2) is 14.1 Å². The van der Waals surface area contributed by atoms with Crippen LogP contribution in [0.1, 0.15) is 12.5 Å². The number of ether oxygens (including phenoxy) is 3. The fraction of sp³-hybridized carbons (Fsp3) is 0.182. The Labute approximate surface area is 202 Å². The summed E-state index contributed by atoms with van der Waals surface area (Å²) in [5.41, 5.74) is 0.0442. The van der Waals surface area contributed by atoms with Crippen molar-refractivity contribution in [2.24, 2.45) is 0 Å². The molecule has 11 heteroatoms. The largest absolute Gasteiger partial charge is 0.493 e. The van der Waals surface area contributed by atoms with Gasteiger partial charge in [0, 0.05) is 4.47 Å². The number of carbonyl (C=O) groups is 3. The lowest BCUT2D eigenvalue weighted by Gasteiger charge is -2.29. The number of nitrogens with zero attached hydrogens (tertiary/aromatic N) is 1. The van der Waals surface area contributed by atoms with Crippen molar-refractivity contribution in [2.45, 2.75) is 6.92 Å². The van der Waals surface area contributed by atoms with Gasteiger partial charge in [-0.15, -0.1) is 0 Å². The first-order valence-corrected chi connectivity index (χ1v) is 10.8. The zero-order valence-corrected chi connectivity index (χ0v) is 19.9. The summed E-state index contributed by atoms with van der Waals surface area (Å²) in [4.78, 5) is 38.1. The molecule has 3 rings (SSSR count). The first-order chi connectivity index (χ1) is 15.8. The lowest BCUT2D eigenvalue weighted by atomic mass is 10.1. The summed E-state index contributed by atoms with van der Waals surface area (Å²) in [5, 5.41) is 2.17. The minimum atomic E-state index is -0.789. The van der Waals surface area contributed by atoms with Crippen LogP contribution in [0.5, 0.6) is 11.5 Å². The Balaban J connectivity index is 1.96.